The number of ether oxygens (including phenoxy) is 1. The summed E-state index contributed by atoms with van der Waals surface area (Å²) < 4.78 is 46.7. The summed E-state index contributed by atoms with van der Waals surface area (Å²) in [6.45, 7) is 5.72. The van der Waals surface area contributed by atoms with Crippen LogP contribution >= 0.6 is 0 Å². The second kappa shape index (κ2) is 11.5. The van der Waals surface area contributed by atoms with E-state index in [0.717, 1.165) is 15.6 Å². The van der Waals surface area contributed by atoms with Gasteiger partial charge in [-0.3, -0.25) is 19.9 Å². The molecule has 3 aromatic carbocycles. The molecule has 2 heterocycles. The lowest BCUT2D eigenvalue weighted by Gasteiger charge is -2.42. The molecule has 222 valence electrons. The van der Waals surface area contributed by atoms with Gasteiger partial charge in [-0.1, -0.05) is 24.3 Å². The van der Waals surface area contributed by atoms with Crippen molar-refractivity contribution in [2.24, 2.45) is 0 Å². The summed E-state index contributed by atoms with van der Waals surface area (Å²) in [5.41, 5.74) is 1.27. The molecule has 11 heteroatoms. The number of anilines is 1. The Morgan fingerprint density at radius 1 is 1.00 bits per heavy atom. The number of piperidine rings is 1. The Labute approximate surface area is 245 Å². The topological polar surface area (TPSA) is 99.3 Å². The van der Waals surface area contributed by atoms with Gasteiger partial charge in [0.1, 0.15) is 17.1 Å². The van der Waals surface area contributed by atoms with Crippen LogP contribution in [0.4, 0.5) is 14.9 Å². The number of amides is 3. The first-order valence-corrected chi connectivity index (χ1v) is 15.3. The number of hydrogen-bond donors (Lipinski definition) is 1. The van der Waals surface area contributed by atoms with Crippen molar-refractivity contribution in [1.29, 1.82) is 0 Å². The molecule has 0 bridgehead atoms. The number of hydrogen-bond acceptors (Lipinski definition) is 6. The van der Waals surface area contributed by atoms with E-state index in [-0.39, 0.29) is 16.7 Å². The van der Waals surface area contributed by atoms with Crippen molar-refractivity contribution < 1.29 is 27.1 Å². The molecule has 0 atom stereocenters. The Kier molecular flexibility index (Phi) is 8.10. The zero-order valence-electron chi connectivity index (χ0n) is 24.1. The molecule has 0 aromatic heterocycles. The Hall–Kier alpha value is -3.80. The van der Waals surface area contributed by atoms with Gasteiger partial charge in [-0.05, 0) is 80.3 Å². The van der Waals surface area contributed by atoms with Crippen LogP contribution in [0.2, 0.25) is 0 Å². The lowest BCUT2D eigenvalue weighted by Crippen LogP contribution is -2.56. The van der Waals surface area contributed by atoms with Crippen LogP contribution in [0.5, 0.6) is 5.75 Å². The summed E-state index contributed by atoms with van der Waals surface area (Å²) in [6, 6.07) is 17.6. The van der Waals surface area contributed by atoms with Gasteiger partial charge in [0.25, 0.3) is 5.91 Å². The third-order valence-electron chi connectivity index (χ3n) is 7.78. The van der Waals surface area contributed by atoms with Crippen LogP contribution in [0.15, 0.2) is 71.6 Å². The van der Waals surface area contributed by atoms with Gasteiger partial charge in [0.2, 0.25) is 10.0 Å². The highest BCUT2D eigenvalue weighted by atomic mass is 32.2. The minimum atomic E-state index is -3.64. The minimum absolute atomic E-state index is 0.0660. The monoisotopic (exact) mass is 594 g/mol. The van der Waals surface area contributed by atoms with E-state index in [4.69, 9.17) is 4.74 Å². The number of urea groups is 1. The fourth-order valence-corrected chi connectivity index (χ4v) is 6.54. The molecule has 1 N–H and O–H groups in total. The molecule has 2 aliphatic heterocycles. The van der Waals surface area contributed by atoms with E-state index < -0.39 is 33.3 Å². The summed E-state index contributed by atoms with van der Waals surface area (Å²) in [5.74, 6) is -0.153. The molecule has 9 nitrogen and oxygen atoms in total. The third-order valence-corrected chi connectivity index (χ3v) is 9.61. The van der Waals surface area contributed by atoms with Crippen molar-refractivity contribution in [1.82, 2.24) is 14.5 Å². The largest absolute Gasteiger partial charge is 0.491 e. The number of rotatable bonds is 8. The van der Waals surface area contributed by atoms with E-state index >= 15 is 0 Å². The third kappa shape index (κ3) is 5.64. The summed E-state index contributed by atoms with van der Waals surface area (Å²) in [7, 11) is -0.736. The van der Waals surface area contributed by atoms with Gasteiger partial charge in [0.05, 0.1) is 16.7 Å². The van der Waals surface area contributed by atoms with Crippen molar-refractivity contribution >= 4 is 27.6 Å². The number of likely N-dealkylation sites (tertiary alicyclic amines) is 1. The highest BCUT2D eigenvalue weighted by Crippen LogP contribution is 2.42. The van der Waals surface area contributed by atoms with Gasteiger partial charge >= 0.3 is 6.03 Å². The van der Waals surface area contributed by atoms with Crippen molar-refractivity contribution in [2.75, 3.05) is 32.1 Å². The van der Waals surface area contributed by atoms with E-state index in [9.17, 15) is 22.4 Å². The van der Waals surface area contributed by atoms with Gasteiger partial charge in [-0.2, -0.15) is 0 Å². The highest BCUT2D eigenvalue weighted by Gasteiger charge is 2.55. The van der Waals surface area contributed by atoms with Crippen LogP contribution in [0, 0.1) is 5.82 Å². The van der Waals surface area contributed by atoms with Gasteiger partial charge in [0.15, 0.2) is 0 Å². The minimum Gasteiger partial charge on any atom is -0.491 e. The molecule has 3 amide bonds. The lowest BCUT2D eigenvalue weighted by atomic mass is 9.85. The van der Waals surface area contributed by atoms with Crippen molar-refractivity contribution in [3.63, 3.8) is 0 Å². The summed E-state index contributed by atoms with van der Waals surface area (Å²) in [6.07, 6.45) is 0.794. The van der Waals surface area contributed by atoms with Crippen LogP contribution in [0.1, 0.15) is 32.3 Å². The predicted octanol–water partition coefficient (Wildman–Crippen LogP) is 4.62. The summed E-state index contributed by atoms with van der Waals surface area (Å²) in [4.78, 5) is 30.3. The van der Waals surface area contributed by atoms with Crippen LogP contribution in [-0.4, -0.2) is 68.4 Å². The fraction of sp³-hybridized carbons (Fsp3) is 0.355. The molecule has 0 aliphatic carbocycles. The molecule has 3 aromatic rings. The molecule has 1 spiro atoms. The average Bonchev–Trinajstić information content (AvgIpc) is 3.18. The van der Waals surface area contributed by atoms with Crippen LogP contribution < -0.4 is 15.0 Å². The number of carbonyl (C=O) groups is 2. The van der Waals surface area contributed by atoms with Crippen molar-refractivity contribution in [2.45, 2.75) is 49.8 Å². The molecule has 5 rings (SSSR count). The quantitative estimate of drug-likeness (QED) is 0.382. The Morgan fingerprint density at radius 3 is 2.33 bits per heavy atom. The summed E-state index contributed by atoms with van der Waals surface area (Å²) >= 11 is 0. The SMILES string of the molecule is CC(C)Oc1cccc(CN2CCC3(CC2)C(=O)NC(=O)N3c2cc(F)ccc2-c2ccc(S(=O)(=O)N(C)C)cc2)c1. The molecule has 2 saturated heterocycles. The first-order valence-electron chi connectivity index (χ1n) is 13.9. The summed E-state index contributed by atoms with van der Waals surface area (Å²) in [5, 5.41) is 2.46. The Balaban J connectivity index is 1.42. The molecule has 0 unspecified atom stereocenters. The van der Waals surface area contributed by atoms with Crippen LogP contribution in [0.3, 0.4) is 0 Å². The Morgan fingerprint density at radius 2 is 1.69 bits per heavy atom. The van der Waals surface area contributed by atoms with Gasteiger partial charge in [-0.25, -0.2) is 21.9 Å². The second-order valence-corrected chi connectivity index (χ2v) is 13.3. The van der Waals surface area contributed by atoms with Crippen LogP contribution in [0.25, 0.3) is 11.1 Å². The maximum absolute atomic E-state index is 14.7. The first-order chi connectivity index (χ1) is 19.9. The standard InChI is InChI=1S/C31H35FN4O5S/c1-21(2)41-25-7-5-6-22(18-25)20-35-16-14-31(15-17-35)29(37)33-30(38)36(31)28-19-24(32)10-13-27(28)23-8-11-26(12-9-23)42(39,40)34(3)4/h5-13,18-19,21H,14-17,20H2,1-4H3,(H,33,37,38). The van der Waals surface area contributed by atoms with Crippen molar-refractivity contribution in [3.8, 4) is 16.9 Å². The number of sulfonamides is 1. The van der Waals surface area contributed by atoms with Gasteiger partial charge in [0, 0.05) is 39.3 Å². The average molecular weight is 595 g/mol. The van der Waals surface area contributed by atoms with Crippen LogP contribution in [-0.2, 0) is 21.4 Å². The zero-order valence-corrected chi connectivity index (χ0v) is 24.9. The van der Waals surface area contributed by atoms with Crippen molar-refractivity contribution in [3.05, 3.63) is 78.1 Å². The second-order valence-electron chi connectivity index (χ2n) is 11.2. The molecule has 0 radical (unpaired) electrons. The smallest absolute Gasteiger partial charge is 0.329 e. The van der Waals surface area contributed by atoms with E-state index in [0.29, 0.717) is 43.6 Å². The maximum atomic E-state index is 14.7. The molecule has 2 fully saturated rings. The zero-order chi connectivity index (χ0) is 30.2. The molecule has 42 heavy (non-hydrogen) atoms. The van der Waals surface area contributed by atoms with E-state index in [1.165, 1.54) is 43.3 Å². The number of benzene rings is 3. The van der Waals surface area contributed by atoms with E-state index in [1.807, 2.05) is 38.1 Å². The van der Waals surface area contributed by atoms with Gasteiger partial charge < -0.3 is 4.74 Å². The van der Waals surface area contributed by atoms with Gasteiger partial charge in [-0.15, -0.1) is 0 Å². The molecule has 2 aliphatic rings. The molecule has 0 saturated carbocycles. The van der Waals surface area contributed by atoms with E-state index in [1.54, 1.807) is 18.2 Å². The number of halogens is 1. The highest BCUT2D eigenvalue weighted by molar-refractivity contribution is 7.89. The first kappa shape index (κ1) is 29.7. The lowest BCUT2D eigenvalue weighted by molar-refractivity contribution is -0.124. The number of imide groups is 1. The number of nitrogens with one attached hydrogen (secondary N) is 1. The normalized spacial score (nSPS) is 17.4. The Bertz CT molecular complexity index is 1600. The fourth-order valence-electron chi connectivity index (χ4n) is 5.64. The number of nitrogens with zero attached hydrogens (tertiary/aromatic N) is 3. The maximum Gasteiger partial charge on any atom is 0.329 e. The molecular formula is C31H35FN4O5S. The predicted molar refractivity (Wildman–Crippen MR) is 158 cm³/mol. The molecular weight excluding hydrogens is 559 g/mol. The van der Waals surface area contributed by atoms with E-state index in [2.05, 4.69) is 10.2 Å². The number of carbonyl (C=O) groups excluding carboxylic acids is 2.